The Bertz CT molecular complexity index is 492. The molecule has 0 spiro atoms. The SMILES string of the molecule is CCCCCNCCC(=O)Nc1cc(C(F)(F)F)ccc1Cl. The number of nitrogens with one attached hydrogen (secondary N) is 2. The fourth-order valence-corrected chi connectivity index (χ4v) is 2.00. The second kappa shape index (κ2) is 9.00. The molecule has 124 valence electrons. The van der Waals surface area contributed by atoms with Crippen LogP contribution in [0.15, 0.2) is 18.2 Å². The van der Waals surface area contributed by atoms with E-state index < -0.39 is 11.7 Å². The van der Waals surface area contributed by atoms with E-state index in [1.807, 2.05) is 0 Å². The van der Waals surface area contributed by atoms with Gasteiger partial charge >= 0.3 is 6.18 Å². The van der Waals surface area contributed by atoms with Gasteiger partial charge in [-0.3, -0.25) is 4.79 Å². The van der Waals surface area contributed by atoms with Crippen LogP contribution in [0.25, 0.3) is 0 Å². The van der Waals surface area contributed by atoms with Gasteiger partial charge in [-0.2, -0.15) is 13.2 Å². The van der Waals surface area contributed by atoms with Crippen LogP contribution >= 0.6 is 11.6 Å². The zero-order valence-electron chi connectivity index (χ0n) is 12.4. The molecule has 0 saturated carbocycles. The molecular formula is C15H20ClF3N2O. The summed E-state index contributed by atoms with van der Waals surface area (Å²) in [5.74, 6) is -0.371. The summed E-state index contributed by atoms with van der Waals surface area (Å²) in [5.41, 5.74) is -0.864. The van der Waals surface area contributed by atoms with Crippen LogP contribution < -0.4 is 10.6 Å². The van der Waals surface area contributed by atoms with Gasteiger partial charge in [0.25, 0.3) is 0 Å². The van der Waals surface area contributed by atoms with Crippen LogP contribution in [-0.4, -0.2) is 19.0 Å². The Kier molecular flexibility index (Phi) is 7.68. The zero-order valence-corrected chi connectivity index (χ0v) is 13.2. The lowest BCUT2D eigenvalue weighted by atomic mass is 10.2. The number of carbonyl (C=O) groups is 1. The summed E-state index contributed by atoms with van der Waals surface area (Å²) >= 11 is 5.81. The lowest BCUT2D eigenvalue weighted by Crippen LogP contribution is -2.22. The molecule has 2 N–H and O–H groups in total. The molecule has 0 radical (unpaired) electrons. The lowest BCUT2D eigenvalue weighted by molar-refractivity contribution is -0.137. The average molecular weight is 337 g/mol. The van der Waals surface area contributed by atoms with Crippen molar-refractivity contribution in [1.29, 1.82) is 0 Å². The van der Waals surface area contributed by atoms with Crippen molar-refractivity contribution in [3.63, 3.8) is 0 Å². The fourth-order valence-electron chi connectivity index (χ4n) is 1.84. The molecule has 0 aromatic heterocycles. The monoisotopic (exact) mass is 336 g/mol. The van der Waals surface area contributed by atoms with E-state index in [4.69, 9.17) is 11.6 Å². The van der Waals surface area contributed by atoms with Gasteiger partial charge in [0.05, 0.1) is 16.3 Å². The van der Waals surface area contributed by atoms with Gasteiger partial charge in [0.1, 0.15) is 0 Å². The van der Waals surface area contributed by atoms with E-state index in [-0.39, 0.29) is 23.0 Å². The Morgan fingerprint density at radius 1 is 1.23 bits per heavy atom. The van der Waals surface area contributed by atoms with Gasteiger partial charge in [0.2, 0.25) is 5.91 Å². The number of alkyl halides is 3. The van der Waals surface area contributed by atoms with Crippen molar-refractivity contribution in [2.45, 2.75) is 38.8 Å². The highest BCUT2D eigenvalue weighted by Gasteiger charge is 2.31. The fraction of sp³-hybridized carbons (Fsp3) is 0.533. The molecule has 1 rings (SSSR count). The second-order valence-corrected chi connectivity index (χ2v) is 5.35. The van der Waals surface area contributed by atoms with Gasteiger partial charge in [-0.25, -0.2) is 0 Å². The van der Waals surface area contributed by atoms with Crippen molar-refractivity contribution in [1.82, 2.24) is 5.32 Å². The minimum absolute atomic E-state index is 0.0209. The Balaban J connectivity index is 2.47. The lowest BCUT2D eigenvalue weighted by Gasteiger charge is -2.12. The van der Waals surface area contributed by atoms with E-state index in [0.29, 0.717) is 6.54 Å². The van der Waals surface area contributed by atoms with E-state index in [1.54, 1.807) is 0 Å². The molecule has 22 heavy (non-hydrogen) atoms. The molecule has 0 atom stereocenters. The van der Waals surface area contributed by atoms with Crippen LogP contribution in [0.5, 0.6) is 0 Å². The minimum Gasteiger partial charge on any atom is -0.325 e. The molecule has 0 bridgehead atoms. The first kappa shape index (κ1) is 18.8. The number of hydrogen-bond donors (Lipinski definition) is 2. The Morgan fingerprint density at radius 2 is 1.95 bits per heavy atom. The maximum absolute atomic E-state index is 12.6. The summed E-state index contributed by atoms with van der Waals surface area (Å²) in [6, 6.07) is 2.85. The van der Waals surface area contributed by atoms with Gasteiger partial charge in [-0.05, 0) is 31.2 Å². The minimum atomic E-state index is -4.47. The topological polar surface area (TPSA) is 41.1 Å². The van der Waals surface area contributed by atoms with Crippen LogP contribution in [0.4, 0.5) is 18.9 Å². The molecule has 1 aromatic rings. The first-order chi connectivity index (χ1) is 10.3. The molecular weight excluding hydrogens is 317 g/mol. The molecule has 0 aliphatic rings. The maximum Gasteiger partial charge on any atom is 0.416 e. The number of hydrogen-bond acceptors (Lipinski definition) is 2. The van der Waals surface area contributed by atoms with Gasteiger partial charge in [0, 0.05) is 13.0 Å². The highest BCUT2D eigenvalue weighted by Crippen LogP contribution is 2.33. The maximum atomic E-state index is 12.6. The smallest absolute Gasteiger partial charge is 0.325 e. The number of benzene rings is 1. The predicted molar refractivity (Wildman–Crippen MR) is 82.1 cm³/mol. The predicted octanol–water partition coefficient (Wildman–Crippen LogP) is 4.47. The van der Waals surface area contributed by atoms with Crippen molar-refractivity contribution >= 4 is 23.2 Å². The standard InChI is InChI=1S/C15H20ClF3N2O/c1-2-3-4-8-20-9-7-14(22)21-13-10-11(15(17,18)19)5-6-12(13)16/h5-6,10,20H,2-4,7-9H2,1H3,(H,21,22). The molecule has 0 unspecified atom stereocenters. The molecule has 7 heteroatoms. The van der Waals surface area contributed by atoms with E-state index in [2.05, 4.69) is 17.6 Å². The van der Waals surface area contributed by atoms with E-state index in [1.165, 1.54) is 0 Å². The molecule has 0 aliphatic carbocycles. The van der Waals surface area contributed by atoms with Gasteiger partial charge < -0.3 is 10.6 Å². The Labute approximate surface area is 133 Å². The Morgan fingerprint density at radius 3 is 2.59 bits per heavy atom. The third-order valence-electron chi connectivity index (χ3n) is 3.05. The highest BCUT2D eigenvalue weighted by atomic mass is 35.5. The van der Waals surface area contributed by atoms with Crippen LogP contribution in [0.2, 0.25) is 5.02 Å². The van der Waals surface area contributed by atoms with Crippen molar-refractivity contribution in [2.24, 2.45) is 0 Å². The van der Waals surface area contributed by atoms with E-state index in [0.717, 1.165) is 44.0 Å². The van der Waals surface area contributed by atoms with E-state index in [9.17, 15) is 18.0 Å². The average Bonchev–Trinajstić information content (AvgIpc) is 2.44. The normalized spacial score (nSPS) is 11.5. The van der Waals surface area contributed by atoms with Gasteiger partial charge in [-0.15, -0.1) is 0 Å². The number of amides is 1. The van der Waals surface area contributed by atoms with E-state index >= 15 is 0 Å². The van der Waals surface area contributed by atoms with Gasteiger partial charge in [-0.1, -0.05) is 31.4 Å². The number of rotatable bonds is 8. The summed E-state index contributed by atoms with van der Waals surface area (Å²) in [5, 5.41) is 5.61. The van der Waals surface area contributed by atoms with Crippen LogP contribution in [-0.2, 0) is 11.0 Å². The molecule has 0 saturated heterocycles. The quantitative estimate of drug-likeness (QED) is 0.688. The molecule has 1 aromatic carbocycles. The first-order valence-corrected chi connectivity index (χ1v) is 7.59. The highest BCUT2D eigenvalue weighted by molar-refractivity contribution is 6.33. The molecule has 0 aliphatic heterocycles. The first-order valence-electron chi connectivity index (χ1n) is 7.22. The summed E-state index contributed by atoms with van der Waals surface area (Å²) in [6.07, 6.45) is -1.00. The second-order valence-electron chi connectivity index (χ2n) is 4.95. The van der Waals surface area contributed by atoms with Crippen molar-refractivity contribution in [3.05, 3.63) is 28.8 Å². The van der Waals surface area contributed by atoms with Crippen molar-refractivity contribution in [3.8, 4) is 0 Å². The van der Waals surface area contributed by atoms with Gasteiger partial charge in [0.15, 0.2) is 0 Å². The summed E-state index contributed by atoms with van der Waals surface area (Å²) in [7, 11) is 0. The summed E-state index contributed by atoms with van der Waals surface area (Å²) in [4.78, 5) is 11.7. The number of anilines is 1. The molecule has 3 nitrogen and oxygen atoms in total. The molecule has 0 fully saturated rings. The third-order valence-corrected chi connectivity index (χ3v) is 3.38. The van der Waals surface area contributed by atoms with Crippen LogP contribution in [0.3, 0.4) is 0 Å². The summed E-state index contributed by atoms with van der Waals surface area (Å²) < 4.78 is 37.9. The molecule has 0 heterocycles. The zero-order chi connectivity index (χ0) is 16.6. The number of halogens is 4. The summed E-state index contributed by atoms with van der Waals surface area (Å²) in [6.45, 7) is 3.41. The number of unbranched alkanes of at least 4 members (excludes halogenated alkanes) is 2. The van der Waals surface area contributed by atoms with Crippen molar-refractivity contribution < 1.29 is 18.0 Å². The largest absolute Gasteiger partial charge is 0.416 e. The van der Waals surface area contributed by atoms with Crippen LogP contribution in [0, 0.1) is 0 Å². The Hall–Kier alpha value is -1.27. The van der Waals surface area contributed by atoms with Crippen molar-refractivity contribution in [2.75, 3.05) is 18.4 Å². The number of carbonyl (C=O) groups excluding carboxylic acids is 1. The third kappa shape index (κ3) is 6.66. The molecule has 1 amide bonds. The van der Waals surface area contributed by atoms with Crippen LogP contribution in [0.1, 0.15) is 38.2 Å².